The van der Waals surface area contributed by atoms with Crippen molar-refractivity contribution in [3.8, 4) is 0 Å². The number of aliphatic imine (C=N–C) groups is 1. The molecule has 0 atom stereocenters. The van der Waals surface area contributed by atoms with Gasteiger partial charge in [-0.25, -0.2) is 4.79 Å². The fourth-order valence-corrected chi connectivity index (χ4v) is 1.30. The minimum absolute atomic E-state index is 0.363. The minimum Gasteiger partial charge on any atom is -0.444 e. The molecule has 0 rings (SSSR count). The van der Waals surface area contributed by atoms with E-state index >= 15 is 0 Å². The highest BCUT2D eigenvalue weighted by atomic mass is 16.6. The molecule has 104 valence electrons. The molecule has 0 bridgehead atoms. The summed E-state index contributed by atoms with van der Waals surface area (Å²) in [6.07, 6.45) is 5.58. The van der Waals surface area contributed by atoms with Crippen LogP contribution in [0.1, 0.15) is 46.5 Å². The van der Waals surface area contributed by atoms with Crippen LogP contribution >= 0.6 is 0 Å². The third kappa shape index (κ3) is 12.7. The van der Waals surface area contributed by atoms with Gasteiger partial charge in [0.15, 0.2) is 6.29 Å². The zero-order valence-electron chi connectivity index (χ0n) is 11.6. The highest BCUT2D eigenvalue weighted by Crippen LogP contribution is 2.06. The lowest BCUT2D eigenvalue weighted by molar-refractivity contribution is -0.102. The van der Waals surface area contributed by atoms with Gasteiger partial charge in [0.2, 0.25) is 0 Å². The third-order valence-corrected chi connectivity index (χ3v) is 2.05. The zero-order valence-corrected chi connectivity index (χ0v) is 11.6. The van der Waals surface area contributed by atoms with E-state index in [1.165, 1.54) is 6.21 Å². The Hall–Kier alpha value is -1.39. The van der Waals surface area contributed by atoms with Crippen LogP contribution in [0.4, 0.5) is 4.79 Å². The number of hydrogen-bond donors (Lipinski definition) is 1. The number of nitrogens with one attached hydrogen (secondary N) is 1. The number of aldehydes is 1. The van der Waals surface area contributed by atoms with Gasteiger partial charge in [0.05, 0.1) is 6.21 Å². The first kappa shape index (κ1) is 16.6. The van der Waals surface area contributed by atoms with Gasteiger partial charge < -0.3 is 10.1 Å². The molecule has 0 saturated carbocycles. The van der Waals surface area contributed by atoms with Crippen molar-refractivity contribution in [3.05, 3.63) is 0 Å². The van der Waals surface area contributed by atoms with Crippen molar-refractivity contribution in [2.75, 3.05) is 13.1 Å². The molecule has 0 saturated heterocycles. The first-order valence-corrected chi connectivity index (χ1v) is 6.36. The molecule has 1 N–H and O–H groups in total. The second-order valence-corrected chi connectivity index (χ2v) is 5.03. The Morgan fingerprint density at radius 3 is 2.50 bits per heavy atom. The standard InChI is InChI=1S/C13H24N2O3/c1-13(2,3)18-12(17)15-9-7-5-4-6-8-14-10-11-16/h10-11H,4-9H2,1-3H3,(H,15,17). The van der Waals surface area contributed by atoms with Crippen LogP contribution in [0.2, 0.25) is 0 Å². The topological polar surface area (TPSA) is 67.8 Å². The van der Waals surface area contributed by atoms with Gasteiger partial charge in [-0.05, 0) is 33.6 Å². The summed E-state index contributed by atoms with van der Waals surface area (Å²) in [5.41, 5.74) is -0.444. The van der Waals surface area contributed by atoms with Gasteiger partial charge in [0.1, 0.15) is 5.60 Å². The molecule has 5 nitrogen and oxygen atoms in total. The molecule has 1 amide bonds. The first-order valence-electron chi connectivity index (χ1n) is 6.36. The van der Waals surface area contributed by atoms with E-state index in [-0.39, 0.29) is 6.09 Å². The van der Waals surface area contributed by atoms with E-state index in [0.717, 1.165) is 25.7 Å². The van der Waals surface area contributed by atoms with E-state index in [1.807, 2.05) is 20.8 Å². The van der Waals surface area contributed by atoms with Crippen molar-refractivity contribution >= 4 is 18.6 Å². The van der Waals surface area contributed by atoms with Crippen LogP contribution in [0, 0.1) is 0 Å². The van der Waals surface area contributed by atoms with Crippen molar-refractivity contribution in [1.82, 2.24) is 5.32 Å². The molecule has 0 aromatic rings. The maximum absolute atomic E-state index is 11.3. The Morgan fingerprint density at radius 2 is 1.89 bits per heavy atom. The molecular weight excluding hydrogens is 232 g/mol. The van der Waals surface area contributed by atoms with Crippen LogP contribution in [0.3, 0.4) is 0 Å². The van der Waals surface area contributed by atoms with Gasteiger partial charge in [-0.3, -0.25) is 9.79 Å². The molecule has 0 radical (unpaired) electrons. The monoisotopic (exact) mass is 256 g/mol. The number of nitrogens with zero attached hydrogens (tertiary/aromatic N) is 1. The summed E-state index contributed by atoms with van der Waals surface area (Å²) in [6.45, 7) is 6.84. The normalized spacial score (nSPS) is 11.5. The number of carbonyl (C=O) groups is 2. The number of amides is 1. The lowest BCUT2D eigenvalue weighted by Gasteiger charge is -2.19. The summed E-state index contributed by atoms with van der Waals surface area (Å²) in [6, 6.07) is 0. The Balaban J connectivity index is 3.33. The fraction of sp³-hybridized carbons (Fsp3) is 0.769. The Kier molecular flexibility index (Phi) is 8.88. The van der Waals surface area contributed by atoms with Crippen molar-refractivity contribution in [3.63, 3.8) is 0 Å². The molecule has 0 aromatic carbocycles. The number of rotatable bonds is 8. The van der Waals surface area contributed by atoms with Gasteiger partial charge in [-0.2, -0.15) is 0 Å². The molecule has 0 aromatic heterocycles. The van der Waals surface area contributed by atoms with Gasteiger partial charge in [-0.1, -0.05) is 12.8 Å². The fourth-order valence-electron chi connectivity index (χ4n) is 1.30. The van der Waals surface area contributed by atoms with E-state index in [9.17, 15) is 9.59 Å². The highest BCUT2D eigenvalue weighted by Gasteiger charge is 2.15. The Morgan fingerprint density at radius 1 is 1.22 bits per heavy atom. The summed E-state index contributed by atoms with van der Waals surface area (Å²) in [5.74, 6) is 0. The van der Waals surface area contributed by atoms with E-state index in [1.54, 1.807) is 0 Å². The highest BCUT2D eigenvalue weighted by molar-refractivity contribution is 6.12. The SMILES string of the molecule is CC(C)(C)OC(=O)NCCCCCCN=CC=O. The molecule has 0 heterocycles. The second-order valence-electron chi connectivity index (χ2n) is 5.03. The van der Waals surface area contributed by atoms with Gasteiger partial charge in [-0.15, -0.1) is 0 Å². The predicted molar refractivity (Wildman–Crippen MR) is 72.1 cm³/mol. The van der Waals surface area contributed by atoms with Crippen LogP contribution in [0.25, 0.3) is 0 Å². The molecule has 0 aliphatic heterocycles. The summed E-state index contributed by atoms with van der Waals surface area (Å²) < 4.78 is 5.11. The summed E-state index contributed by atoms with van der Waals surface area (Å²) in [7, 11) is 0. The first-order chi connectivity index (χ1) is 8.45. The van der Waals surface area contributed by atoms with Crippen molar-refractivity contribution in [2.24, 2.45) is 4.99 Å². The average Bonchev–Trinajstić information content (AvgIpc) is 2.24. The molecule has 0 unspecified atom stereocenters. The molecule has 0 fully saturated rings. The molecule has 5 heteroatoms. The smallest absolute Gasteiger partial charge is 0.407 e. The number of ether oxygens (including phenoxy) is 1. The maximum Gasteiger partial charge on any atom is 0.407 e. The Labute approximate surface area is 109 Å². The molecule has 18 heavy (non-hydrogen) atoms. The van der Waals surface area contributed by atoms with Crippen LogP contribution in [-0.2, 0) is 9.53 Å². The molecular formula is C13H24N2O3. The van der Waals surface area contributed by atoms with Gasteiger partial charge in [0.25, 0.3) is 0 Å². The average molecular weight is 256 g/mol. The number of unbranched alkanes of at least 4 members (excludes halogenated alkanes) is 3. The van der Waals surface area contributed by atoms with E-state index in [0.29, 0.717) is 19.4 Å². The van der Waals surface area contributed by atoms with E-state index < -0.39 is 5.60 Å². The number of carbonyl (C=O) groups excluding carboxylic acids is 2. The van der Waals surface area contributed by atoms with Crippen molar-refractivity contribution in [1.29, 1.82) is 0 Å². The summed E-state index contributed by atoms with van der Waals surface area (Å²) in [5, 5.41) is 2.71. The van der Waals surface area contributed by atoms with Crippen LogP contribution < -0.4 is 5.32 Å². The maximum atomic E-state index is 11.3. The number of hydrogen-bond acceptors (Lipinski definition) is 4. The molecule has 0 aliphatic rings. The lowest BCUT2D eigenvalue weighted by Crippen LogP contribution is -2.32. The second kappa shape index (κ2) is 9.62. The predicted octanol–water partition coefficient (Wildman–Crippen LogP) is 2.34. The molecule has 0 aliphatic carbocycles. The van der Waals surface area contributed by atoms with Gasteiger partial charge in [0, 0.05) is 13.1 Å². The third-order valence-electron chi connectivity index (χ3n) is 2.05. The van der Waals surface area contributed by atoms with Gasteiger partial charge >= 0.3 is 6.09 Å². The summed E-state index contributed by atoms with van der Waals surface area (Å²) in [4.78, 5) is 25.1. The van der Waals surface area contributed by atoms with Crippen LogP contribution in [-0.4, -0.2) is 37.3 Å². The quantitative estimate of drug-likeness (QED) is 0.412. The largest absolute Gasteiger partial charge is 0.444 e. The minimum atomic E-state index is -0.444. The lowest BCUT2D eigenvalue weighted by atomic mass is 10.2. The molecule has 0 spiro atoms. The summed E-state index contributed by atoms with van der Waals surface area (Å²) >= 11 is 0. The van der Waals surface area contributed by atoms with Crippen molar-refractivity contribution in [2.45, 2.75) is 52.1 Å². The Bertz CT molecular complexity index is 270. The number of alkyl carbamates (subject to hydrolysis) is 1. The van der Waals surface area contributed by atoms with Crippen molar-refractivity contribution < 1.29 is 14.3 Å². The zero-order chi connectivity index (χ0) is 13.9. The van der Waals surface area contributed by atoms with Crippen LogP contribution in [0.5, 0.6) is 0 Å². The van der Waals surface area contributed by atoms with Crippen LogP contribution in [0.15, 0.2) is 4.99 Å². The van der Waals surface area contributed by atoms with E-state index in [4.69, 9.17) is 4.74 Å². The van der Waals surface area contributed by atoms with E-state index in [2.05, 4.69) is 10.3 Å².